The minimum absolute atomic E-state index is 0.237. The van der Waals surface area contributed by atoms with Gasteiger partial charge in [0.1, 0.15) is 6.29 Å². The molecule has 0 spiro atoms. The molecule has 2 aromatic rings. The molecule has 0 radical (unpaired) electrons. The number of carbonyl (C=O) groups excluding carboxylic acids is 3. The van der Waals surface area contributed by atoms with E-state index in [0.29, 0.717) is 23.0 Å². The maximum atomic E-state index is 12.1. The Labute approximate surface area is 128 Å². The number of hydrogen-bond acceptors (Lipinski definition) is 4. The highest BCUT2D eigenvalue weighted by molar-refractivity contribution is 6.00. The monoisotopic (exact) mass is 299 g/mol. The molecule has 0 aliphatic carbocycles. The van der Waals surface area contributed by atoms with Crippen molar-refractivity contribution in [3.05, 3.63) is 58.4 Å². The number of esters is 1. The molecule has 0 atom stereocenters. The highest BCUT2D eigenvalue weighted by Gasteiger charge is 2.16. The quantitative estimate of drug-likeness (QED) is 0.483. The van der Waals surface area contributed by atoms with Crippen molar-refractivity contribution in [2.24, 2.45) is 7.05 Å². The van der Waals surface area contributed by atoms with Crippen molar-refractivity contribution >= 4 is 18.0 Å². The largest absolute Gasteiger partial charge is 0.454 e. The van der Waals surface area contributed by atoms with Gasteiger partial charge in [0.2, 0.25) is 5.78 Å². The third-order valence-corrected chi connectivity index (χ3v) is 3.69. The zero-order valence-corrected chi connectivity index (χ0v) is 12.8. The maximum Gasteiger partial charge on any atom is 0.338 e. The Morgan fingerprint density at radius 2 is 1.82 bits per heavy atom. The van der Waals surface area contributed by atoms with Crippen LogP contribution in [0.3, 0.4) is 0 Å². The Balaban J connectivity index is 2.02. The molecule has 5 heteroatoms. The van der Waals surface area contributed by atoms with Crippen molar-refractivity contribution in [1.82, 2.24) is 4.57 Å². The van der Waals surface area contributed by atoms with Gasteiger partial charge in [-0.25, -0.2) is 4.79 Å². The van der Waals surface area contributed by atoms with E-state index >= 15 is 0 Å². The van der Waals surface area contributed by atoms with Crippen LogP contribution in [0.5, 0.6) is 0 Å². The van der Waals surface area contributed by atoms with Crippen LogP contribution in [-0.2, 0) is 11.8 Å². The van der Waals surface area contributed by atoms with Crippen molar-refractivity contribution in [2.75, 3.05) is 6.61 Å². The van der Waals surface area contributed by atoms with E-state index in [1.807, 2.05) is 25.5 Å². The summed E-state index contributed by atoms with van der Waals surface area (Å²) >= 11 is 0. The number of carbonyl (C=O) groups is 3. The number of benzene rings is 1. The second-order valence-corrected chi connectivity index (χ2v) is 5.08. The van der Waals surface area contributed by atoms with E-state index in [1.165, 1.54) is 24.3 Å². The van der Waals surface area contributed by atoms with Gasteiger partial charge < -0.3 is 9.30 Å². The molecule has 0 aliphatic heterocycles. The molecule has 0 amide bonds. The molecule has 0 saturated carbocycles. The number of ether oxygens (including phenoxy) is 1. The molecule has 22 heavy (non-hydrogen) atoms. The fourth-order valence-corrected chi connectivity index (χ4v) is 2.13. The first-order valence-electron chi connectivity index (χ1n) is 6.82. The second-order valence-electron chi connectivity index (χ2n) is 5.08. The van der Waals surface area contributed by atoms with Crippen LogP contribution in [0.25, 0.3) is 0 Å². The second kappa shape index (κ2) is 6.39. The van der Waals surface area contributed by atoms with Crippen molar-refractivity contribution in [1.29, 1.82) is 0 Å². The normalized spacial score (nSPS) is 10.3. The highest BCUT2D eigenvalue weighted by Crippen LogP contribution is 2.14. The summed E-state index contributed by atoms with van der Waals surface area (Å²) in [6.45, 7) is 3.45. The topological polar surface area (TPSA) is 65.4 Å². The van der Waals surface area contributed by atoms with Crippen LogP contribution in [0.1, 0.15) is 42.5 Å². The van der Waals surface area contributed by atoms with Gasteiger partial charge in [-0.05, 0) is 32.0 Å². The number of aldehydes is 1. The minimum atomic E-state index is -0.587. The van der Waals surface area contributed by atoms with Gasteiger partial charge in [0.25, 0.3) is 0 Å². The van der Waals surface area contributed by atoms with E-state index < -0.39 is 5.97 Å². The highest BCUT2D eigenvalue weighted by atomic mass is 16.5. The Morgan fingerprint density at radius 3 is 2.32 bits per heavy atom. The van der Waals surface area contributed by atoms with Crippen LogP contribution in [-0.4, -0.2) is 29.2 Å². The van der Waals surface area contributed by atoms with Gasteiger partial charge in [0.05, 0.1) is 5.56 Å². The molecule has 5 nitrogen and oxygen atoms in total. The number of hydrogen-bond donors (Lipinski definition) is 0. The zero-order chi connectivity index (χ0) is 16.3. The lowest BCUT2D eigenvalue weighted by Gasteiger charge is -2.05. The van der Waals surface area contributed by atoms with Gasteiger partial charge >= 0.3 is 5.97 Å². The minimum Gasteiger partial charge on any atom is -0.454 e. The Kier molecular flexibility index (Phi) is 4.56. The summed E-state index contributed by atoms with van der Waals surface area (Å²) in [7, 11) is 1.88. The summed E-state index contributed by atoms with van der Waals surface area (Å²) in [6.07, 6.45) is 0.694. The smallest absolute Gasteiger partial charge is 0.338 e. The van der Waals surface area contributed by atoms with Crippen LogP contribution >= 0.6 is 0 Å². The molecule has 1 aromatic carbocycles. The molecule has 0 N–H and O–H groups in total. The van der Waals surface area contributed by atoms with Crippen molar-refractivity contribution in [3.8, 4) is 0 Å². The van der Waals surface area contributed by atoms with Crippen molar-refractivity contribution in [3.63, 3.8) is 0 Å². The van der Waals surface area contributed by atoms with E-state index in [9.17, 15) is 14.4 Å². The fraction of sp³-hybridized carbons (Fsp3) is 0.235. The first-order valence-corrected chi connectivity index (χ1v) is 6.82. The van der Waals surface area contributed by atoms with Crippen LogP contribution < -0.4 is 0 Å². The van der Waals surface area contributed by atoms with Gasteiger partial charge in [0.15, 0.2) is 6.61 Å². The summed E-state index contributed by atoms with van der Waals surface area (Å²) in [5.41, 5.74) is 3.15. The lowest BCUT2D eigenvalue weighted by atomic mass is 10.1. The lowest BCUT2D eigenvalue weighted by molar-refractivity contribution is 0.0474. The van der Waals surface area contributed by atoms with Crippen LogP contribution in [0.2, 0.25) is 0 Å². The van der Waals surface area contributed by atoms with Gasteiger partial charge in [-0.3, -0.25) is 9.59 Å². The van der Waals surface area contributed by atoms with E-state index in [-0.39, 0.29) is 12.4 Å². The molecule has 0 fully saturated rings. The molecule has 0 bridgehead atoms. The zero-order valence-electron chi connectivity index (χ0n) is 12.8. The summed E-state index contributed by atoms with van der Waals surface area (Å²) in [6, 6.07) is 7.82. The first-order chi connectivity index (χ1) is 10.4. The number of nitrogens with zero attached hydrogens (tertiary/aromatic N) is 1. The average molecular weight is 299 g/mol. The summed E-state index contributed by atoms with van der Waals surface area (Å²) in [4.78, 5) is 34.6. The van der Waals surface area contributed by atoms with Crippen molar-refractivity contribution in [2.45, 2.75) is 13.8 Å². The Bertz CT molecular complexity index is 726. The van der Waals surface area contributed by atoms with Gasteiger partial charge in [-0.1, -0.05) is 12.1 Å². The predicted molar refractivity (Wildman–Crippen MR) is 81.3 cm³/mol. The number of aryl methyl sites for hydroxylation is 1. The van der Waals surface area contributed by atoms with Crippen LogP contribution in [0.4, 0.5) is 0 Å². The molecular weight excluding hydrogens is 282 g/mol. The molecule has 1 aromatic heterocycles. The molecule has 0 unspecified atom stereocenters. The molecule has 114 valence electrons. The fourth-order valence-electron chi connectivity index (χ4n) is 2.13. The summed E-state index contributed by atoms with van der Waals surface area (Å²) in [5.74, 6) is -0.824. The van der Waals surface area contributed by atoms with Gasteiger partial charge in [-0.15, -0.1) is 0 Å². The van der Waals surface area contributed by atoms with Gasteiger partial charge in [0, 0.05) is 29.6 Å². The number of aromatic nitrogens is 1. The van der Waals surface area contributed by atoms with Gasteiger partial charge in [-0.2, -0.15) is 0 Å². The van der Waals surface area contributed by atoms with Crippen LogP contribution in [0, 0.1) is 13.8 Å². The third-order valence-electron chi connectivity index (χ3n) is 3.69. The van der Waals surface area contributed by atoms with E-state index in [1.54, 1.807) is 6.07 Å². The predicted octanol–water partition coefficient (Wildman–Crippen LogP) is 2.49. The summed E-state index contributed by atoms with van der Waals surface area (Å²) in [5, 5.41) is 0. The SMILES string of the molecule is Cc1cc(C(=O)COC(=O)c2ccc(C=O)cc2)c(C)n1C. The van der Waals surface area contributed by atoms with Crippen molar-refractivity contribution < 1.29 is 19.1 Å². The molecule has 0 aliphatic rings. The standard InChI is InChI=1S/C17H17NO4/c1-11-8-15(12(2)18(11)3)16(20)10-22-17(21)14-6-4-13(9-19)5-7-14/h4-9H,10H2,1-3H3. The molecule has 1 heterocycles. The van der Waals surface area contributed by atoms with Crippen LogP contribution in [0.15, 0.2) is 30.3 Å². The first kappa shape index (κ1) is 15.7. The molecule has 2 rings (SSSR count). The molecular formula is C17H17NO4. The van der Waals surface area contributed by atoms with E-state index in [4.69, 9.17) is 4.74 Å². The average Bonchev–Trinajstić information content (AvgIpc) is 2.80. The maximum absolute atomic E-state index is 12.1. The van der Waals surface area contributed by atoms with E-state index in [2.05, 4.69) is 0 Å². The number of rotatable bonds is 5. The van der Waals surface area contributed by atoms with E-state index in [0.717, 1.165) is 11.4 Å². The third kappa shape index (κ3) is 3.14. The lowest BCUT2D eigenvalue weighted by Crippen LogP contribution is -2.15. The molecule has 0 saturated heterocycles. The Morgan fingerprint density at radius 1 is 1.18 bits per heavy atom. The summed E-state index contributed by atoms with van der Waals surface area (Å²) < 4.78 is 6.95. The number of ketones is 1. The number of Topliss-reactive ketones (excluding diaryl/α,β-unsaturated/α-hetero) is 1. The Hall–Kier alpha value is -2.69.